The molecule has 438 valence electrons. The van der Waals surface area contributed by atoms with Crippen LogP contribution in [0.3, 0.4) is 0 Å². The van der Waals surface area contributed by atoms with Crippen molar-refractivity contribution in [3.63, 3.8) is 0 Å². The van der Waals surface area contributed by atoms with E-state index in [1.807, 2.05) is 0 Å². The summed E-state index contributed by atoms with van der Waals surface area (Å²) in [6.45, 7) is 6.40. The monoisotopic (exact) mass is 1070 g/mol. The average Bonchev–Trinajstić information content (AvgIpc) is 3.43. The lowest BCUT2D eigenvalue weighted by molar-refractivity contribution is -0.167. The Bertz CT molecular complexity index is 1600. The highest BCUT2D eigenvalue weighted by molar-refractivity contribution is 5.71. The summed E-state index contributed by atoms with van der Waals surface area (Å²) in [4.78, 5) is 38.2. The predicted octanol–water partition coefficient (Wildman–Crippen LogP) is 22.0. The second-order valence-electron chi connectivity index (χ2n) is 20.9. The van der Waals surface area contributed by atoms with Crippen LogP contribution in [-0.4, -0.2) is 37.2 Å². The third kappa shape index (κ3) is 62.5. The number of rotatable bonds is 57. The fourth-order valence-electron chi connectivity index (χ4n) is 8.64. The fraction of sp³-hybridized carbons (Fsp3) is 0.676. The molecule has 0 aromatic carbocycles. The molecule has 0 aromatic rings. The lowest BCUT2D eigenvalue weighted by atomic mass is 10.0. The Balaban J connectivity index is 4.32. The molecule has 0 heterocycles. The Labute approximate surface area is 475 Å². The molecular weight excluding hydrogens is 949 g/mol. The first-order valence-electron chi connectivity index (χ1n) is 32.0. The van der Waals surface area contributed by atoms with E-state index in [1.165, 1.54) is 122 Å². The molecule has 0 aliphatic carbocycles. The Morgan fingerprint density at radius 2 is 0.545 bits per heavy atom. The SMILES string of the molecule is CC/C=C\C/C=C\C/C=C\C/C=C\C/C=C\CCCC(=O)OC(COC(=O)CCCCCCC/C=C\C/C=C\CCC)COC(=O)CCCCCCCCCCCCCCCC/C=C\C/C=C\C/C=C\CCCCCCC. The van der Waals surface area contributed by atoms with Crippen LogP contribution in [-0.2, 0) is 28.6 Å². The van der Waals surface area contributed by atoms with Crippen LogP contribution in [0.15, 0.2) is 122 Å². The number of carbonyl (C=O) groups is 3. The molecule has 77 heavy (non-hydrogen) atoms. The topological polar surface area (TPSA) is 78.9 Å². The van der Waals surface area contributed by atoms with Gasteiger partial charge in [-0.05, 0) is 122 Å². The van der Waals surface area contributed by atoms with Gasteiger partial charge in [-0.2, -0.15) is 0 Å². The molecule has 0 spiro atoms. The van der Waals surface area contributed by atoms with Gasteiger partial charge in [0.1, 0.15) is 13.2 Å². The van der Waals surface area contributed by atoms with Crippen molar-refractivity contribution in [1.29, 1.82) is 0 Å². The van der Waals surface area contributed by atoms with Gasteiger partial charge in [-0.15, -0.1) is 0 Å². The minimum Gasteiger partial charge on any atom is -0.462 e. The number of esters is 3. The minimum atomic E-state index is -0.817. The molecule has 0 radical (unpaired) electrons. The normalized spacial score (nSPS) is 12.9. The van der Waals surface area contributed by atoms with E-state index in [0.717, 1.165) is 122 Å². The van der Waals surface area contributed by atoms with Gasteiger partial charge in [0.05, 0.1) is 0 Å². The zero-order chi connectivity index (χ0) is 55.7. The zero-order valence-corrected chi connectivity index (χ0v) is 50.2. The summed E-state index contributed by atoms with van der Waals surface area (Å²) in [5.74, 6) is -0.979. The molecule has 6 nitrogen and oxygen atoms in total. The van der Waals surface area contributed by atoms with Crippen molar-refractivity contribution in [2.75, 3.05) is 13.2 Å². The third-order valence-electron chi connectivity index (χ3n) is 13.4. The highest BCUT2D eigenvalue weighted by Gasteiger charge is 2.19. The molecule has 1 unspecified atom stereocenters. The van der Waals surface area contributed by atoms with Gasteiger partial charge in [0.2, 0.25) is 0 Å². The maximum atomic E-state index is 12.9. The maximum Gasteiger partial charge on any atom is 0.306 e. The minimum absolute atomic E-state index is 0.107. The summed E-state index contributed by atoms with van der Waals surface area (Å²) in [5, 5.41) is 0. The second-order valence-corrected chi connectivity index (χ2v) is 20.9. The van der Waals surface area contributed by atoms with Gasteiger partial charge in [0, 0.05) is 19.3 Å². The molecule has 0 bridgehead atoms. The number of hydrogen-bond donors (Lipinski definition) is 0. The highest BCUT2D eigenvalue weighted by atomic mass is 16.6. The van der Waals surface area contributed by atoms with Gasteiger partial charge in [-0.25, -0.2) is 0 Å². The summed E-state index contributed by atoms with van der Waals surface area (Å²) in [6, 6.07) is 0. The van der Waals surface area contributed by atoms with Crippen LogP contribution in [0.1, 0.15) is 290 Å². The lowest BCUT2D eigenvalue weighted by Gasteiger charge is -2.18. The van der Waals surface area contributed by atoms with E-state index < -0.39 is 6.10 Å². The van der Waals surface area contributed by atoms with Crippen LogP contribution in [0.5, 0.6) is 0 Å². The number of carbonyl (C=O) groups excluding carboxylic acids is 3. The largest absolute Gasteiger partial charge is 0.462 e. The van der Waals surface area contributed by atoms with Gasteiger partial charge in [-0.3, -0.25) is 14.4 Å². The van der Waals surface area contributed by atoms with Gasteiger partial charge in [-0.1, -0.05) is 271 Å². The molecule has 0 fully saturated rings. The van der Waals surface area contributed by atoms with Crippen LogP contribution >= 0.6 is 0 Å². The second kappa shape index (κ2) is 64.3. The summed E-state index contributed by atoms with van der Waals surface area (Å²) < 4.78 is 16.8. The molecule has 0 saturated heterocycles. The first-order chi connectivity index (χ1) is 38.0. The zero-order valence-electron chi connectivity index (χ0n) is 50.2. The van der Waals surface area contributed by atoms with Crippen molar-refractivity contribution >= 4 is 17.9 Å². The van der Waals surface area contributed by atoms with Crippen molar-refractivity contribution in [2.24, 2.45) is 0 Å². The van der Waals surface area contributed by atoms with E-state index in [2.05, 4.69) is 142 Å². The van der Waals surface area contributed by atoms with Crippen molar-refractivity contribution in [3.8, 4) is 0 Å². The van der Waals surface area contributed by atoms with Gasteiger partial charge in [0.25, 0.3) is 0 Å². The summed E-state index contributed by atoms with van der Waals surface area (Å²) in [5.41, 5.74) is 0. The Kier molecular flexibility index (Phi) is 60.8. The number of allylic oxidation sites excluding steroid dienone is 20. The number of hydrogen-bond acceptors (Lipinski definition) is 6. The smallest absolute Gasteiger partial charge is 0.306 e. The molecule has 0 amide bonds. The van der Waals surface area contributed by atoms with Crippen molar-refractivity contribution < 1.29 is 28.6 Å². The van der Waals surface area contributed by atoms with E-state index in [4.69, 9.17) is 14.2 Å². The van der Waals surface area contributed by atoms with E-state index in [9.17, 15) is 14.4 Å². The molecule has 1 atom stereocenters. The Hall–Kier alpha value is -4.19. The highest BCUT2D eigenvalue weighted by Crippen LogP contribution is 2.16. The van der Waals surface area contributed by atoms with Crippen molar-refractivity contribution in [3.05, 3.63) is 122 Å². The molecule has 6 heteroatoms. The molecule has 0 aliphatic rings. The van der Waals surface area contributed by atoms with E-state index in [1.54, 1.807) is 0 Å². The maximum absolute atomic E-state index is 12.9. The number of unbranched alkanes of at least 4 members (excludes halogenated alkanes) is 26. The van der Waals surface area contributed by atoms with E-state index >= 15 is 0 Å². The molecule has 0 aliphatic heterocycles. The summed E-state index contributed by atoms with van der Waals surface area (Å²) in [7, 11) is 0. The Morgan fingerprint density at radius 3 is 0.883 bits per heavy atom. The van der Waals surface area contributed by atoms with Crippen LogP contribution in [0, 0.1) is 0 Å². The van der Waals surface area contributed by atoms with Crippen LogP contribution < -0.4 is 0 Å². The quantitative estimate of drug-likeness (QED) is 0.0261. The van der Waals surface area contributed by atoms with Crippen LogP contribution in [0.25, 0.3) is 0 Å². The van der Waals surface area contributed by atoms with Crippen LogP contribution in [0.4, 0.5) is 0 Å². The predicted molar refractivity (Wildman–Crippen MR) is 334 cm³/mol. The third-order valence-corrected chi connectivity index (χ3v) is 13.4. The van der Waals surface area contributed by atoms with Gasteiger partial charge in [0.15, 0.2) is 6.10 Å². The summed E-state index contributed by atoms with van der Waals surface area (Å²) in [6.07, 6.45) is 89.3. The first-order valence-corrected chi connectivity index (χ1v) is 32.0. The standard InChI is InChI=1S/C71H118O6/c1-4-7-10-13-16-19-22-25-27-29-30-31-32-33-34-35-36-37-38-39-40-42-43-46-49-52-55-58-61-64-70(73)76-67-68(66-75-69(72)63-60-57-54-51-48-45-24-21-18-15-12-9-6-3)77-71(74)65-62-59-56-53-50-47-44-41-28-26-23-20-17-14-11-8-5-2/h8,11-12,15,17,20-22,24-26,28-30,32-33,44,47,53,56,68H,4-7,9-10,13-14,16,18-19,23,27,31,34-43,45-46,48-52,54-55,57-67H2,1-3H3/b11-8-,15-12-,20-17-,24-21-,25-22-,28-26-,30-29-,33-32-,47-44-,56-53-. The van der Waals surface area contributed by atoms with Gasteiger partial charge < -0.3 is 14.2 Å². The number of ether oxygens (including phenoxy) is 3. The van der Waals surface area contributed by atoms with Crippen LogP contribution in [0.2, 0.25) is 0 Å². The molecular formula is C71H118O6. The molecule has 0 aromatic heterocycles. The first kappa shape index (κ1) is 72.8. The molecule has 0 N–H and O–H groups in total. The van der Waals surface area contributed by atoms with Crippen molar-refractivity contribution in [2.45, 2.75) is 297 Å². The van der Waals surface area contributed by atoms with Crippen molar-refractivity contribution in [1.82, 2.24) is 0 Å². The fourth-order valence-corrected chi connectivity index (χ4v) is 8.64. The van der Waals surface area contributed by atoms with E-state index in [0.29, 0.717) is 19.3 Å². The average molecular weight is 1070 g/mol. The molecule has 0 rings (SSSR count). The lowest BCUT2D eigenvalue weighted by Crippen LogP contribution is -2.30. The Morgan fingerprint density at radius 1 is 0.273 bits per heavy atom. The summed E-state index contributed by atoms with van der Waals surface area (Å²) >= 11 is 0. The van der Waals surface area contributed by atoms with Gasteiger partial charge >= 0.3 is 17.9 Å². The van der Waals surface area contributed by atoms with E-state index in [-0.39, 0.29) is 37.5 Å². The molecule has 0 saturated carbocycles.